The molecule has 0 saturated heterocycles. The largest absolute Gasteiger partial charge is 0.492 e. The Morgan fingerprint density at radius 2 is 2.14 bits per heavy atom. The molecule has 116 valence electrons. The van der Waals surface area contributed by atoms with E-state index in [9.17, 15) is 4.79 Å². The first-order valence-electron chi connectivity index (χ1n) is 6.88. The standard InChI is InChI=1S/C15H16N2O5/c1-9-14(10(2)22-17-9)15(18)16-5-6-19-11-3-4-12-13(7-11)21-8-20-12/h3-4,7H,5-6,8H2,1-2H3,(H,16,18). The molecule has 0 atom stereocenters. The number of carbonyl (C=O) groups excluding carboxylic acids is 1. The van der Waals surface area contributed by atoms with Crippen LogP contribution in [0.2, 0.25) is 0 Å². The Morgan fingerprint density at radius 1 is 1.32 bits per heavy atom. The average molecular weight is 304 g/mol. The van der Waals surface area contributed by atoms with E-state index in [1.54, 1.807) is 32.0 Å². The van der Waals surface area contributed by atoms with Gasteiger partial charge in [-0.2, -0.15) is 0 Å². The van der Waals surface area contributed by atoms with Crippen LogP contribution in [0.1, 0.15) is 21.8 Å². The highest BCUT2D eigenvalue weighted by Crippen LogP contribution is 2.34. The van der Waals surface area contributed by atoms with Gasteiger partial charge >= 0.3 is 0 Å². The zero-order valence-corrected chi connectivity index (χ0v) is 12.3. The van der Waals surface area contributed by atoms with Gasteiger partial charge in [0.25, 0.3) is 5.91 Å². The Morgan fingerprint density at radius 3 is 2.91 bits per heavy atom. The number of aromatic nitrogens is 1. The molecule has 2 aromatic rings. The van der Waals surface area contributed by atoms with Crippen LogP contribution in [0.15, 0.2) is 22.7 Å². The minimum Gasteiger partial charge on any atom is -0.492 e. The lowest BCUT2D eigenvalue weighted by Gasteiger charge is -2.08. The van der Waals surface area contributed by atoms with Crippen molar-refractivity contribution in [1.82, 2.24) is 10.5 Å². The van der Waals surface area contributed by atoms with Crippen molar-refractivity contribution in [2.75, 3.05) is 19.9 Å². The van der Waals surface area contributed by atoms with Crippen LogP contribution in [0, 0.1) is 13.8 Å². The first-order valence-corrected chi connectivity index (χ1v) is 6.88. The van der Waals surface area contributed by atoms with Gasteiger partial charge < -0.3 is 24.1 Å². The van der Waals surface area contributed by atoms with Crippen LogP contribution in [-0.2, 0) is 0 Å². The molecule has 0 spiro atoms. The van der Waals surface area contributed by atoms with Crippen molar-refractivity contribution in [1.29, 1.82) is 0 Å². The van der Waals surface area contributed by atoms with Gasteiger partial charge in [0, 0.05) is 6.07 Å². The van der Waals surface area contributed by atoms with E-state index >= 15 is 0 Å². The predicted octanol–water partition coefficient (Wildman–Crippen LogP) is 1.83. The van der Waals surface area contributed by atoms with Crippen molar-refractivity contribution in [3.05, 3.63) is 35.2 Å². The number of rotatable bonds is 5. The third-order valence-corrected chi connectivity index (χ3v) is 3.26. The number of nitrogens with zero attached hydrogens (tertiary/aromatic N) is 1. The maximum atomic E-state index is 12.0. The Labute approximate surface area is 127 Å². The van der Waals surface area contributed by atoms with Gasteiger partial charge in [0.2, 0.25) is 6.79 Å². The van der Waals surface area contributed by atoms with Crippen molar-refractivity contribution >= 4 is 5.91 Å². The van der Waals surface area contributed by atoms with Gasteiger partial charge in [0.1, 0.15) is 23.7 Å². The molecule has 0 saturated carbocycles. The molecule has 3 rings (SSSR count). The minimum absolute atomic E-state index is 0.217. The van der Waals surface area contributed by atoms with Crippen LogP contribution in [0.5, 0.6) is 17.2 Å². The van der Waals surface area contributed by atoms with Gasteiger partial charge in [-0.05, 0) is 26.0 Å². The third kappa shape index (κ3) is 2.83. The quantitative estimate of drug-likeness (QED) is 0.849. The van der Waals surface area contributed by atoms with E-state index in [0.717, 1.165) is 0 Å². The first kappa shape index (κ1) is 14.2. The highest BCUT2D eigenvalue weighted by atomic mass is 16.7. The van der Waals surface area contributed by atoms with Crippen LogP contribution in [-0.4, -0.2) is 31.0 Å². The summed E-state index contributed by atoms with van der Waals surface area (Å²) >= 11 is 0. The number of carbonyl (C=O) groups is 1. The summed E-state index contributed by atoms with van der Waals surface area (Å²) in [6.45, 7) is 4.38. The Balaban J connectivity index is 1.49. The predicted molar refractivity (Wildman–Crippen MR) is 76.4 cm³/mol. The van der Waals surface area contributed by atoms with E-state index in [4.69, 9.17) is 18.7 Å². The van der Waals surface area contributed by atoms with Gasteiger partial charge in [-0.25, -0.2) is 0 Å². The van der Waals surface area contributed by atoms with Gasteiger partial charge in [0.15, 0.2) is 11.5 Å². The molecule has 1 aliphatic rings. The molecule has 1 N–H and O–H groups in total. The summed E-state index contributed by atoms with van der Waals surface area (Å²) in [6, 6.07) is 5.35. The van der Waals surface area contributed by atoms with Crippen molar-refractivity contribution in [2.45, 2.75) is 13.8 Å². The molecular weight excluding hydrogens is 288 g/mol. The monoisotopic (exact) mass is 304 g/mol. The number of aryl methyl sites for hydroxylation is 2. The molecule has 0 fully saturated rings. The molecule has 1 aromatic heterocycles. The summed E-state index contributed by atoms with van der Waals surface area (Å²) in [5.74, 6) is 2.32. The minimum atomic E-state index is -0.217. The second-order valence-corrected chi connectivity index (χ2v) is 4.82. The highest BCUT2D eigenvalue weighted by molar-refractivity contribution is 5.96. The van der Waals surface area contributed by atoms with Crippen LogP contribution >= 0.6 is 0 Å². The molecule has 2 heterocycles. The fraction of sp³-hybridized carbons (Fsp3) is 0.333. The summed E-state index contributed by atoms with van der Waals surface area (Å²) in [6.07, 6.45) is 0. The number of benzene rings is 1. The number of ether oxygens (including phenoxy) is 3. The lowest BCUT2D eigenvalue weighted by atomic mass is 10.2. The average Bonchev–Trinajstić information content (AvgIpc) is 3.09. The van der Waals surface area contributed by atoms with Crippen LogP contribution in [0.4, 0.5) is 0 Å². The number of hydrogen-bond acceptors (Lipinski definition) is 6. The maximum absolute atomic E-state index is 12.0. The normalized spacial score (nSPS) is 12.3. The van der Waals surface area contributed by atoms with Crippen molar-refractivity contribution < 1.29 is 23.5 Å². The molecule has 0 aliphatic carbocycles. The van der Waals surface area contributed by atoms with Gasteiger partial charge in [0.05, 0.1) is 12.2 Å². The second kappa shape index (κ2) is 5.97. The Hall–Kier alpha value is -2.70. The zero-order valence-electron chi connectivity index (χ0n) is 12.3. The fourth-order valence-corrected chi connectivity index (χ4v) is 2.20. The Kier molecular flexibility index (Phi) is 3.86. The van der Waals surface area contributed by atoms with Crippen LogP contribution in [0.3, 0.4) is 0 Å². The smallest absolute Gasteiger partial charge is 0.256 e. The summed E-state index contributed by atoms with van der Waals surface area (Å²) < 4.78 is 21.0. The number of fused-ring (bicyclic) bond motifs is 1. The summed E-state index contributed by atoms with van der Waals surface area (Å²) in [5, 5.41) is 6.52. The molecule has 7 heteroatoms. The van der Waals surface area contributed by atoms with Crippen LogP contribution < -0.4 is 19.5 Å². The van der Waals surface area contributed by atoms with E-state index in [-0.39, 0.29) is 12.7 Å². The first-order chi connectivity index (χ1) is 10.6. The van der Waals surface area contributed by atoms with E-state index < -0.39 is 0 Å². The molecule has 1 aromatic carbocycles. The lowest BCUT2D eigenvalue weighted by molar-refractivity contribution is 0.0945. The van der Waals surface area contributed by atoms with E-state index in [1.807, 2.05) is 0 Å². The molecule has 22 heavy (non-hydrogen) atoms. The Bertz CT molecular complexity index is 676. The van der Waals surface area contributed by atoms with Crippen molar-refractivity contribution in [2.24, 2.45) is 0 Å². The number of hydrogen-bond donors (Lipinski definition) is 1. The summed E-state index contributed by atoms with van der Waals surface area (Å²) in [4.78, 5) is 12.0. The number of nitrogens with one attached hydrogen (secondary N) is 1. The molecule has 0 unspecified atom stereocenters. The third-order valence-electron chi connectivity index (χ3n) is 3.26. The topological polar surface area (TPSA) is 82.8 Å². The molecule has 0 radical (unpaired) electrons. The van der Waals surface area contributed by atoms with Gasteiger partial charge in [-0.15, -0.1) is 0 Å². The molecular formula is C15H16N2O5. The fourth-order valence-electron chi connectivity index (χ4n) is 2.20. The van der Waals surface area contributed by atoms with Crippen molar-refractivity contribution in [3.8, 4) is 17.2 Å². The van der Waals surface area contributed by atoms with E-state index in [0.29, 0.717) is 47.4 Å². The molecule has 1 amide bonds. The highest BCUT2D eigenvalue weighted by Gasteiger charge is 2.17. The van der Waals surface area contributed by atoms with Crippen molar-refractivity contribution in [3.63, 3.8) is 0 Å². The number of amides is 1. The molecule has 7 nitrogen and oxygen atoms in total. The lowest BCUT2D eigenvalue weighted by Crippen LogP contribution is -2.28. The van der Waals surface area contributed by atoms with E-state index in [2.05, 4.69) is 10.5 Å². The van der Waals surface area contributed by atoms with Crippen LogP contribution in [0.25, 0.3) is 0 Å². The second-order valence-electron chi connectivity index (χ2n) is 4.82. The molecule has 1 aliphatic heterocycles. The van der Waals surface area contributed by atoms with Gasteiger partial charge in [-0.3, -0.25) is 4.79 Å². The molecule has 0 bridgehead atoms. The van der Waals surface area contributed by atoms with Gasteiger partial charge in [-0.1, -0.05) is 5.16 Å². The maximum Gasteiger partial charge on any atom is 0.256 e. The summed E-state index contributed by atoms with van der Waals surface area (Å²) in [7, 11) is 0. The summed E-state index contributed by atoms with van der Waals surface area (Å²) in [5.41, 5.74) is 1.05. The zero-order chi connectivity index (χ0) is 15.5. The SMILES string of the molecule is Cc1noc(C)c1C(=O)NCCOc1ccc2c(c1)OCO2. The van der Waals surface area contributed by atoms with E-state index in [1.165, 1.54) is 0 Å².